The van der Waals surface area contributed by atoms with Gasteiger partial charge in [0.1, 0.15) is 23.0 Å². The summed E-state index contributed by atoms with van der Waals surface area (Å²) >= 11 is 6.02. The molecule has 1 N–H and O–H groups in total. The Morgan fingerprint density at radius 3 is 2.52 bits per heavy atom. The van der Waals surface area contributed by atoms with Crippen LogP contribution in [0.3, 0.4) is 0 Å². The summed E-state index contributed by atoms with van der Waals surface area (Å²) in [6.07, 6.45) is 0. The third-order valence-electron chi connectivity index (χ3n) is 3.96. The average molecular weight is 435 g/mol. The Labute approximate surface area is 173 Å². The van der Waals surface area contributed by atoms with E-state index in [0.29, 0.717) is 11.5 Å². The first-order valence-electron chi connectivity index (χ1n) is 8.57. The average Bonchev–Trinajstić information content (AvgIpc) is 3.17. The molecule has 0 saturated heterocycles. The highest BCUT2D eigenvalue weighted by Gasteiger charge is 2.22. The van der Waals surface area contributed by atoms with Crippen molar-refractivity contribution in [2.75, 3.05) is 19.4 Å². The second-order valence-electron chi connectivity index (χ2n) is 6.25. The summed E-state index contributed by atoms with van der Waals surface area (Å²) in [5.41, 5.74) is 0.276. The van der Waals surface area contributed by atoms with Crippen LogP contribution in [0.15, 0.2) is 70.0 Å². The standard InChI is InChI=1S/C20H19ClN2O5S/c1-23(2)29(25,26)19-12-14(8-10-17(19)21)22-20(24)18-11-9-16(28-18)13-27-15-6-4-3-5-7-15/h3-12H,13H2,1-2H3,(H,22,24). The molecule has 3 rings (SSSR count). The topological polar surface area (TPSA) is 88.9 Å². The van der Waals surface area contributed by atoms with E-state index in [1.165, 1.54) is 38.4 Å². The summed E-state index contributed by atoms with van der Waals surface area (Å²) in [6.45, 7) is 0.170. The van der Waals surface area contributed by atoms with Crippen LogP contribution in [0.5, 0.6) is 5.75 Å². The Morgan fingerprint density at radius 1 is 1.10 bits per heavy atom. The van der Waals surface area contributed by atoms with Crippen LogP contribution in [0.2, 0.25) is 5.02 Å². The minimum absolute atomic E-state index is 0.0649. The van der Waals surface area contributed by atoms with Gasteiger partial charge in [0.15, 0.2) is 5.76 Å². The van der Waals surface area contributed by atoms with Crippen LogP contribution in [0, 0.1) is 0 Å². The number of para-hydroxylation sites is 1. The Kier molecular flexibility index (Phi) is 6.26. The van der Waals surface area contributed by atoms with Gasteiger partial charge in [-0.25, -0.2) is 12.7 Å². The van der Waals surface area contributed by atoms with Crippen molar-refractivity contribution >= 4 is 33.2 Å². The molecule has 0 atom stereocenters. The fourth-order valence-electron chi connectivity index (χ4n) is 2.42. The van der Waals surface area contributed by atoms with E-state index in [9.17, 15) is 13.2 Å². The van der Waals surface area contributed by atoms with Crippen molar-refractivity contribution in [2.45, 2.75) is 11.5 Å². The third-order valence-corrected chi connectivity index (χ3v) is 6.25. The van der Waals surface area contributed by atoms with E-state index in [1.807, 2.05) is 30.3 Å². The quantitative estimate of drug-likeness (QED) is 0.606. The molecule has 1 amide bonds. The lowest BCUT2D eigenvalue weighted by atomic mass is 10.3. The first kappa shape index (κ1) is 20.9. The molecule has 29 heavy (non-hydrogen) atoms. The molecule has 0 radical (unpaired) electrons. The minimum atomic E-state index is -3.75. The Bertz CT molecular complexity index is 1110. The monoisotopic (exact) mass is 434 g/mol. The van der Waals surface area contributed by atoms with Crippen LogP contribution in [-0.4, -0.2) is 32.7 Å². The maximum atomic E-state index is 12.4. The lowest BCUT2D eigenvalue weighted by molar-refractivity contribution is 0.0992. The number of carbonyl (C=O) groups excluding carboxylic acids is 1. The molecule has 152 valence electrons. The van der Waals surface area contributed by atoms with E-state index >= 15 is 0 Å². The number of sulfonamides is 1. The molecule has 0 bridgehead atoms. The molecule has 1 aromatic heterocycles. The SMILES string of the molecule is CN(C)S(=O)(=O)c1cc(NC(=O)c2ccc(COc3ccccc3)o2)ccc1Cl. The number of amides is 1. The van der Waals surface area contributed by atoms with Crippen molar-refractivity contribution in [1.29, 1.82) is 0 Å². The number of hydrogen-bond acceptors (Lipinski definition) is 5. The number of carbonyl (C=O) groups is 1. The Balaban J connectivity index is 1.70. The zero-order valence-electron chi connectivity index (χ0n) is 15.8. The molecular formula is C20H19ClN2O5S. The fraction of sp³-hybridized carbons (Fsp3) is 0.150. The van der Waals surface area contributed by atoms with Gasteiger partial charge in [0.25, 0.3) is 5.91 Å². The largest absolute Gasteiger partial charge is 0.486 e. The fourth-order valence-corrected chi connectivity index (χ4v) is 3.81. The van der Waals surface area contributed by atoms with Crippen molar-refractivity contribution in [3.8, 4) is 5.75 Å². The van der Waals surface area contributed by atoms with E-state index in [4.69, 9.17) is 20.8 Å². The number of nitrogens with one attached hydrogen (secondary N) is 1. The second-order valence-corrected chi connectivity index (χ2v) is 8.78. The summed E-state index contributed by atoms with van der Waals surface area (Å²) < 4.78 is 36.8. The van der Waals surface area contributed by atoms with E-state index in [-0.39, 0.29) is 28.0 Å². The van der Waals surface area contributed by atoms with Crippen molar-refractivity contribution in [2.24, 2.45) is 0 Å². The van der Waals surface area contributed by atoms with E-state index in [0.717, 1.165) is 4.31 Å². The maximum Gasteiger partial charge on any atom is 0.291 e. The van der Waals surface area contributed by atoms with Gasteiger partial charge in [0.05, 0.1) is 5.02 Å². The van der Waals surface area contributed by atoms with Gasteiger partial charge in [-0.05, 0) is 42.5 Å². The number of furan rings is 1. The van der Waals surface area contributed by atoms with Gasteiger partial charge in [-0.2, -0.15) is 0 Å². The molecule has 0 fully saturated rings. The first-order chi connectivity index (χ1) is 13.8. The Hall–Kier alpha value is -2.81. The number of ether oxygens (including phenoxy) is 1. The number of hydrogen-bond donors (Lipinski definition) is 1. The molecule has 0 unspecified atom stereocenters. The minimum Gasteiger partial charge on any atom is -0.486 e. The number of benzene rings is 2. The van der Waals surface area contributed by atoms with Gasteiger partial charge in [-0.1, -0.05) is 29.8 Å². The lowest BCUT2D eigenvalue weighted by Crippen LogP contribution is -2.22. The summed E-state index contributed by atoms with van der Waals surface area (Å²) in [5, 5.41) is 2.67. The molecule has 1 heterocycles. The molecular weight excluding hydrogens is 416 g/mol. The van der Waals surface area contributed by atoms with Crippen molar-refractivity contribution in [1.82, 2.24) is 4.31 Å². The zero-order valence-corrected chi connectivity index (χ0v) is 17.3. The van der Waals surface area contributed by atoms with Crippen molar-refractivity contribution in [3.63, 3.8) is 0 Å². The summed E-state index contributed by atoms with van der Waals surface area (Å²) in [6, 6.07) is 16.6. The molecule has 2 aromatic carbocycles. The van der Waals surface area contributed by atoms with Crippen LogP contribution in [0.1, 0.15) is 16.3 Å². The number of rotatable bonds is 7. The first-order valence-corrected chi connectivity index (χ1v) is 10.4. The van der Waals surface area contributed by atoms with E-state index in [1.54, 1.807) is 6.07 Å². The lowest BCUT2D eigenvalue weighted by Gasteiger charge is -2.14. The molecule has 0 aliphatic rings. The van der Waals surface area contributed by atoms with E-state index in [2.05, 4.69) is 5.32 Å². The molecule has 0 spiro atoms. The van der Waals surface area contributed by atoms with Crippen LogP contribution < -0.4 is 10.1 Å². The smallest absolute Gasteiger partial charge is 0.291 e. The van der Waals surface area contributed by atoms with Gasteiger partial charge in [-0.15, -0.1) is 0 Å². The van der Waals surface area contributed by atoms with Crippen molar-refractivity contribution in [3.05, 3.63) is 77.2 Å². The van der Waals surface area contributed by atoms with Crippen LogP contribution >= 0.6 is 11.6 Å². The van der Waals surface area contributed by atoms with Gasteiger partial charge < -0.3 is 14.5 Å². The highest BCUT2D eigenvalue weighted by molar-refractivity contribution is 7.89. The molecule has 9 heteroatoms. The number of nitrogens with zero attached hydrogens (tertiary/aromatic N) is 1. The second kappa shape index (κ2) is 8.69. The summed E-state index contributed by atoms with van der Waals surface area (Å²) in [4.78, 5) is 12.3. The predicted molar refractivity (Wildman–Crippen MR) is 110 cm³/mol. The number of anilines is 1. The molecule has 0 aliphatic heterocycles. The van der Waals surface area contributed by atoms with Gasteiger partial charge in [-0.3, -0.25) is 4.79 Å². The predicted octanol–water partition coefficient (Wildman–Crippen LogP) is 4.01. The maximum absolute atomic E-state index is 12.4. The highest BCUT2D eigenvalue weighted by Crippen LogP contribution is 2.27. The summed E-state index contributed by atoms with van der Waals surface area (Å²) in [5.74, 6) is 0.715. The highest BCUT2D eigenvalue weighted by atomic mass is 35.5. The third kappa shape index (κ3) is 4.97. The molecule has 3 aromatic rings. The molecule has 0 aliphatic carbocycles. The zero-order chi connectivity index (χ0) is 21.0. The summed E-state index contributed by atoms with van der Waals surface area (Å²) in [7, 11) is -0.947. The van der Waals surface area contributed by atoms with Gasteiger partial charge in [0, 0.05) is 19.8 Å². The molecule has 0 saturated carbocycles. The van der Waals surface area contributed by atoms with Crippen LogP contribution in [0.25, 0.3) is 0 Å². The normalized spacial score (nSPS) is 11.4. The molecule has 7 nitrogen and oxygen atoms in total. The van der Waals surface area contributed by atoms with E-state index < -0.39 is 15.9 Å². The van der Waals surface area contributed by atoms with Crippen LogP contribution in [-0.2, 0) is 16.6 Å². The van der Waals surface area contributed by atoms with Gasteiger partial charge in [0.2, 0.25) is 10.0 Å². The number of halogens is 1. The van der Waals surface area contributed by atoms with Crippen LogP contribution in [0.4, 0.5) is 5.69 Å². The van der Waals surface area contributed by atoms with Crippen molar-refractivity contribution < 1.29 is 22.4 Å². The van der Waals surface area contributed by atoms with Gasteiger partial charge >= 0.3 is 0 Å². The Morgan fingerprint density at radius 2 is 1.83 bits per heavy atom.